The summed E-state index contributed by atoms with van der Waals surface area (Å²) in [5, 5.41) is 16.9. The Morgan fingerprint density at radius 3 is 2.59 bits per heavy atom. The van der Waals surface area contributed by atoms with Gasteiger partial charge in [-0.2, -0.15) is 5.10 Å². The highest BCUT2D eigenvalue weighted by molar-refractivity contribution is 6.33. The van der Waals surface area contributed by atoms with Gasteiger partial charge in [0.05, 0.1) is 29.2 Å². The van der Waals surface area contributed by atoms with Gasteiger partial charge in [-0.05, 0) is 63.0 Å². The first-order valence-electron chi connectivity index (χ1n) is 9.45. The Balaban J connectivity index is 1.68. The Hall–Kier alpha value is -2.86. The number of amides is 1. The number of aromatic nitrogens is 2. The maximum Gasteiger partial charge on any atom is 0.307 e. The van der Waals surface area contributed by atoms with Gasteiger partial charge in [-0.1, -0.05) is 23.7 Å². The van der Waals surface area contributed by atoms with E-state index in [0.717, 1.165) is 34.6 Å². The van der Waals surface area contributed by atoms with E-state index in [0.29, 0.717) is 23.6 Å². The number of carboxylic acids is 1. The Bertz CT molecular complexity index is 1030. The van der Waals surface area contributed by atoms with Crippen LogP contribution < -0.4 is 5.32 Å². The van der Waals surface area contributed by atoms with Crippen molar-refractivity contribution in [3.8, 4) is 0 Å². The molecule has 0 spiro atoms. The number of carbonyl (C=O) groups excluding carboxylic acids is 1. The van der Waals surface area contributed by atoms with Crippen molar-refractivity contribution in [1.29, 1.82) is 0 Å². The van der Waals surface area contributed by atoms with Gasteiger partial charge in [0.25, 0.3) is 5.91 Å². The van der Waals surface area contributed by atoms with Crippen LogP contribution in [0.4, 0.5) is 0 Å². The molecule has 1 aromatic carbocycles. The maximum atomic E-state index is 12.5. The van der Waals surface area contributed by atoms with Crippen LogP contribution in [0.2, 0.25) is 5.02 Å². The van der Waals surface area contributed by atoms with Crippen molar-refractivity contribution in [2.45, 2.75) is 46.6 Å². The molecule has 0 aliphatic heterocycles. The Kier molecular flexibility index (Phi) is 6.23. The van der Waals surface area contributed by atoms with Gasteiger partial charge in [-0.15, -0.1) is 0 Å². The minimum Gasteiger partial charge on any atom is -0.481 e. The number of nitrogens with zero attached hydrogens (tertiary/aromatic N) is 2. The summed E-state index contributed by atoms with van der Waals surface area (Å²) in [6.45, 7) is 6.26. The lowest BCUT2D eigenvalue weighted by Crippen LogP contribution is -2.24. The first-order chi connectivity index (χ1) is 13.7. The number of hydrogen-bond donors (Lipinski definition) is 2. The standard InChI is InChI=1S/C22H24ClN3O3/c1-13-4-9-18(20(23)10-13)22(29)24-17-7-5-16(6-8-17)12-26-15(3)19(11-21(27)28)14(2)25-26/h4-5,7,9-10H,6,8,11-12H2,1-3H3,(H,24,29)(H,27,28). The third-order valence-electron chi connectivity index (χ3n) is 5.09. The largest absolute Gasteiger partial charge is 0.481 e. The average Bonchev–Trinajstić information content (AvgIpc) is 2.90. The molecule has 0 atom stereocenters. The van der Waals surface area contributed by atoms with Crippen LogP contribution in [0.15, 0.2) is 41.6 Å². The van der Waals surface area contributed by atoms with E-state index in [9.17, 15) is 9.59 Å². The van der Waals surface area contributed by atoms with E-state index in [1.165, 1.54) is 5.57 Å². The lowest BCUT2D eigenvalue weighted by Gasteiger charge is -2.17. The summed E-state index contributed by atoms with van der Waals surface area (Å²) in [5.74, 6) is -1.07. The van der Waals surface area contributed by atoms with Crippen molar-refractivity contribution in [2.75, 3.05) is 0 Å². The molecule has 1 aliphatic rings. The van der Waals surface area contributed by atoms with Gasteiger partial charge < -0.3 is 10.4 Å². The van der Waals surface area contributed by atoms with E-state index in [2.05, 4.69) is 10.4 Å². The van der Waals surface area contributed by atoms with E-state index in [-0.39, 0.29) is 12.3 Å². The van der Waals surface area contributed by atoms with E-state index >= 15 is 0 Å². The zero-order valence-corrected chi connectivity index (χ0v) is 17.5. The lowest BCUT2D eigenvalue weighted by atomic mass is 10.0. The summed E-state index contributed by atoms with van der Waals surface area (Å²) >= 11 is 6.18. The first kappa shape index (κ1) is 20.9. The molecule has 1 aromatic heterocycles. The molecule has 6 nitrogen and oxygen atoms in total. The molecule has 0 bridgehead atoms. The Morgan fingerprint density at radius 2 is 1.97 bits per heavy atom. The van der Waals surface area contributed by atoms with Gasteiger partial charge in [-0.3, -0.25) is 14.3 Å². The molecule has 0 fully saturated rings. The highest BCUT2D eigenvalue weighted by Crippen LogP contribution is 2.22. The van der Waals surface area contributed by atoms with Crippen LogP contribution in [0.1, 0.15) is 45.7 Å². The normalized spacial score (nSPS) is 13.7. The van der Waals surface area contributed by atoms with Crippen molar-refractivity contribution in [3.05, 3.63) is 74.7 Å². The quantitative estimate of drug-likeness (QED) is 0.745. The van der Waals surface area contributed by atoms with Gasteiger partial charge in [0.2, 0.25) is 0 Å². The smallest absolute Gasteiger partial charge is 0.307 e. The zero-order chi connectivity index (χ0) is 21.1. The Morgan fingerprint density at radius 1 is 1.21 bits per heavy atom. The maximum absolute atomic E-state index is 12.5. The van der Waals surface area contributed by atoms with Crippen LogP contribution in [-0.4, -0.2) is 26.8 Å². The van der Waals surface area contributed by atoms with Gasteiger partial charge in [0.15, 0.2) is 0 Å². The molecule has 1 amide bonds. The van der Waals surface area contributed by atoms with E-state index in [4.69, 9.17) is 16.7 Å². The molecule has 29 heavy (non-hydrogen) atoms. The van der Waals surface area contributed by atoms with Crippen molar-refractivity contribution in [3.63, 3.8) is 0 Å². The van der Waals surface area contributed by atoms with Crippen LogP contribution in [0.3, 0.4) is 0 Å². The topological polar surface area (TPSA) is 84.2 Å². The monoisotopic (exact) mass is 413 g/mol. The minimum absolute atomic E-state index is 0.0195. The van der Waals surface area contributed by atoms with Crippen LogP contribution in [0, 0.1) is 20.8 Å². The molecule has 0 unspecified atom stereocenters. The molecule has 7 heteroatoms. The van der Waals surface area contributed by atoms with Crippen LogP contribution in [0.5, 0.6) is 0 Å². The number of nitrogens with one attached hydrogen (secondary N) is 1. The Labute approximate surface area is 174 Å². The number of benzene rings is 1. The van der Waals surface area contributed by atoms with Crippen LogP contribution >= 0.6 is 11.6 Å². The van der Waals surface area contributed by atoms with Crippen molar-refractivity contribution >= 4 is 23.5 Å². The van der Waals surface area contributed by atoms with Gasteiger partial charge in [-0.25, -0.2) is 0 Å². The first-order valence-corrected chi connectivity index (χ1v) is 9.83. The van der Waals surface area contributed by atoms with Crippen molar-refractivity contribution in [2.24, 2.45) is 0 Å². The molecular formula is C22H24ClN3O3. The van der Waals surface area contributed by atoms with Gasteiger partial charge in [0, 0.05) is 17.0 Å². The predicted octanol–water partition coefficient (Wildman–Crippen LogP) is 4.12. The average molecular weight is 414 g/mol. The van der Waals surface area contributed by atoms with E-state index in [1.807, 2.05) is 43.7 Å². The third kappa shape index (κ3) is 4.95. The number of aryl methyl sites for hydroxylation is 2. The third-order valence-corrected chi connectivity index (χ3v) is 5.40. The molecule has 0 radical (unpaired) electrons. The summed E-state index contributed by atoms with van der Waals surface area (Å²) < 4.78 is 1.85. The number of aliphatic carboxylic acids is 1. The molecule has 2 aromatic rings. The second-order valence-corrected chi connectivity index (χ2v) is 7.74. The van der Waals surface area contributed by atoms with Crippen molar-refractivity contribution in [1.82, 2.24) is 15.1 Å². The predicted molar refractivity (Wildman–Crippen MR) is 112 cm³/mol. The fraction of sp³-hybridized carbons (Fsp3) is 0.318. The second-order valence-electron chi connectivity index (χ2n) is 7.33. The number of allylic oxidation sites excluding steroid dienone is 4. The molecule has 3 rings (SSSR count). The fourth-order valence-corrected chi connectivity index (χ4v) is 3.74. The highest BCUT2D eigenvalue weighted by Gasteiger charge is 2.17. The van der Waals surface area contributed by atoms with Gasteiger partial charge in [0.1, 0.15) is 0 Å². The minimum atomic E-state index is -0.857. The molecular weight excluding hydrogens is 390 g/mol. The summed E-state index contributed by atoms with van der Waals surface area (Å²) in [6.07, 6.45) is 5.38. The number of rotatable bonds is 6. The lowest BCUT2D eigenvalue weighted by molar-refractivity contribution is -0.136. The van der Waals surface area contributed by atoms with E-state index < -0.39 is 5.97 Å². The molecule has 2 N–H and O–H groups in total. The SMILES string of the molecule is Cc1ccc(C(=O)NC2=CC=C(Cn3nc(C)c(CC(=O)O)c3C)CC2)c(Cl)c1. The number of carbonyl (C=O) groups is 2. The van der Waals surface area contributed by atoms with Gasteiger partial charge >= 0.3 is 5.97 Å². The summed E-state index contributed by atoms with van der Waals surface area (Å²) in [5.41, 5.74) is 5.88. The number of hydrogen-bond acceptors (Lipinski definition) is 3. The summed E-state index contributed by atoms with van der Waals surface area (Å²) in [7, 11) is 0. The fourth-order valence-electron chi connectivity index (χ4n) is 3.42. The van der Waals surface area contributed by atoms with Crippen LogP contribution in [-0.2, 0) is 17.8 Å². The second kappa shape index (κ2) is 8.66. The van der Waals surface area contributed by atoms with Crippen LogP contribution in [0.25, 0.3) is 0 Å². The molecule has 0 saturated heterocycles. The summed E-state index contributed by atoms with van der Waals surface area (Å²) in [4.78, 5) is 23.5. The van der Waals surface area contributed by atoms with Crippen molar-refractivity contribution < 1.29 is 14.7 Å². The molecule has 0 saturated carbocycles. The van der Waals surface area contributed by atoms with E-state index in [1.54, 1.807) is 12.1 Å². The number of halogens is 1. The highest BCUT2D eigenvalue weighted by atomic mass is 35.5. The number of carboxylic acid groups (broad SMARTS) is 1. The molecule has 1 aliphatic carbocycles. The molecule has 152 valence electrons. The zero-order valence-electron chi connectivity index (χ0n) is 16.8. The molecule has 1 heterocycles. The summed E-state index contributed by atoms with van der Waals surface area (Å²) in [6, 6.07) is 5.37.